The van der Waals surface area contributed by atoms with E-state index in [2.05, 4.69) is 39.5 Å². The van der Waals surface area contributed by atoms with Crippen LogP contribution in [0.5, 0.6) is 0 Å². The lowest BCUT2D eigenvalue weighted by Crippen LogP contribution is -2.36. The summed E-state index contributed by atoms with van der Waals surface area (Å²) >= 11 is 0. The molecule has 0 atom stereocenters. The van der Waals surface area contributed by atoms with Crippen LogP contribution in [0, 0.1) is 5.92 Å². The van der Waals surface area contributed by atoms with E-state index in [1.165, 1.54) is 0 Å². The van der Waals surface area contributed by atoms with Crippen molar-refractivity contribution >= 4 is 6.03 Å². The monoisotopic (exact) mass is 292 g/mol. The van der Waals surface area contributed by atoms with Gasteiger partial charge in [0.15, 0.2) is 5.82 Å². The van der Waals surface area contributed by atoms with Gasteiger partial charge < -0.3 is 14.7 Å². The van der Waals surface area contributed by atoms with Gasteiger partial charge in [-0.05, 0) is 12.0 Å². The molecule has 0 bridgehead atoms. The molecule has 2 amide bonds. The number of urea groups is 1. The van der Waals surface area contributed by atoms with Crippen molar-refractivity contribution in [3.05, 3.63) is 29.7 Å². The minimum absolute atomic E-state index is 0.209. The number of aromatic amines is 1. The summed E-state index contributed by atoms with van der Waals surface area (Å²) in [6, 6.07) is 1.61. The van der Waals surface area contributed by atoms with Gasteiger partial charge in [0.25, 0.3) is 0 Å². The van der Waals surface area contributed by atoms with Crippen LogP contribution in [0.3, 0.4) is 0 Å². The molecule has 2 N–H and O–H groups in total. The third kappa shape index (κ3) is 4.59. The van der Waals surface area contributed by atoms with Crippen LogP contribution in [0.1, 0.15) is 31.3 Å². The van der Waals surface area contributed by atoms with Crippen molar-refractivity contribution < 1.29 is 9.32 Å². The second kappa shape index (κ2) is 6.87. The number of carbonyl (C=O) groups is 1. The first-order chi connectivity index (χ1) is 10.0. The van der Waals surface area contributed by atoms with E-state index in [0.29, 0.717) is 24.2 Å². The molecule has 2 aromatic heterocycles. The second-order valence-corrected chi connectivity index (χ2v) is 5.30. The van der Waals surface area contributed by atoms with Gasteiger partial charge in [-0.3, -0.25) is 5.10 Å². The first kappa shape index (κ1) is 15.0. The number of nitrogens with zero attached hydrogens (tertiary/aromatic N) is 4. The number of aromatic nitrogens is 4. The molecule has 0 saturated carbocycles. The molecule has 0 aliphatic rings. The van der Waals surface area contributed by atoms with E-state index in [-0.39, 0.29) is 12.6 Å². The lowest BCUT2D eigenvalue weighted by Gasteiger charge is -2.16. The highest BCUT2D eigenvalue weighted by atomic mass is 16.5. The summed E-state index contributed by atoms with van der Waals surface area (Å²) in [6.45, 7) is 4.86. The summed E-state index contributed by atoms with van der Waals surface area (Å²) in [6.07, 6.45) is 2.39. The van der Waals surface area contributed by atoms with Gasteiger partial charge in [-0.15, -0.1) is 0 Å². The highest BCUT2D eigenvalue weighted by Crippen LogP contribution is 2.05. The molecular weight excluding hydrogens is 272 g/mol. The van der Waals surface area contributed by atoms with Crippen molar-refractivity contribution in [3.8, 4) is 0 Å². The van der Waals surface area contributed by atoms with E-state index in [1.807, 2.05) is 6.07 Å². The van der Waals surface area contributed by atoms with Crippen molar-refractivity contribution in [1.29, 1.82) is 0 Å². The van der Waals surface area contributed by atoms with Gasteiger partial charge in [0.2, 0.25) is 5.89 Å². The minimum Gasteiger partial charge on any atom is -0.339 e. The molecule has 0 aromatic carbocycles. The maximum Gasteiger partial charge on any atom is 0.317 e. The van der Waals surface area contributed by atoms with Crippen LogP contribution in [0.2, 0.25) is 0 Å². The highest BCUT2D eigenvalue weighted by Gasteiger charge is 2.12. The molecule has 0 saturated heterocycles. The van der Waals surface area contributed by atoms with E-state index in [1.54, 1.807) is 18.1 Å². The summed E-state index contributed by atoms with van der Waals surface area (Å²) in [4.78, 5) is 17.7. The lowest BCUT2D eigenvalue weighted by atomic mass is 10.1. The number of carbonyl (C=O) groups excluding carboxylic acids is 1. The Hall–Kier alpha value is -2.38. The molecule has 2 aromatic rings. The Morgan fingerprint density at radius 1 is 1.52 bits per heavy atom. The van der Waals surface area contributed by atoms with E-state index in [4.69, 9.17) is 4.52 Å². The molecule has 8 nitrogen and oxygen atoms in total. The van der Waals surface area contributed by atoms with Crippen molar-refractivity contribution in [3.63, 3.8) is 0 Å². The van der Waals surface area contributed by atoms with Crippen molar-refractivity contribution in [2.75, 3.05) is 7.05 Å². The number of rotatable bonds is 6. The van der Waals surface area contributed by atoms with Crippen LogP contribution in [0.4, 0.5) is 4.79 Å². The Kier molecular flexibility index (Phi) is 4.91. The average Bonchev–Trinajstić information content (AvgIpc) is 3.07. The molecule has 0 radical (unpaired) electrons. The van der Waals surface area contributed by atoms with E-state index < -0.39 is 0 Å². The van der Waals surface area contributed by atoms with Crippen LogP contribution < -0.4 is 5.32 Å². The van der Waals surface area contributed by atoms with Gasteiger partial charge in [0.05, 0.1) is 18.8 Å². The van der Waals surface area contributed by atoms with E-state index >= 15 is 0 Å². The van der Waals surface area contributed by atoms with Gasteiger partial charge in [0.1, 0.15) is 0 Å². The molecule has 2 heterocycles. The summed E-state index contributed by atoms with van der Waals surface area (Å²) in [5.74, 6) is 1.53. The standard InChI is InChI=1S/C13H20N6O2/c1-9(2)6-12-16-11(18-21-12)7-14-13(20)19(3)8-10-4-5-15-17-10/h4-5,9H,6-8H2,1-3H3,(H,14,20)(H,15,17). The number of H-pyrrole nitrogens is 1. The molecule has 8 heteroatoms. The predicted molar refractivity (Wildman–Crippen MR) is 75.1 cm³/mol. The van der Waals surface area contributed by atoms with Crippen LogP contribution in [-0.2, 0) is 19.5 Å². The van der Waals surface area contributed by atoms with Crippen molar-refractivity contribution in [2.24, 2.45) is 5.92 Å². The maximum absolute atomic E-state index is 11.9. The number of amides is 2. The van der Waals surface area contributed by atoms with Crippen molar-refractivity contribution in [1.82, 2.24) is 30.6 Å². The molecule has 2 rings (SSSR count). The summed E-state index contributed by atoms with van der Waals surface area (Å²) in [5, 5.41) is 13.2. The maximum atomic E-state index is 11.9. The number of hydrogen-bond donors (Lipinski definition) is 2. The Morgan fingerprint density at radius 3 is 3.00 bits per heavy atom. The zero-order valence-corrected chi connectivity index (χ0v) is 12.5. The molecule has 0 spiro atoms. The summed E-state index contributed by atoms with van der Waals surface area (Å²) in [5.41, 5.74) is 0.867. The molecule has 0 aliphatic heterocycles. The van der Waals surface area contributed by atoms with E-state index in [0.717, 1.165) is 12.1 Å². The highest BCUT2D eigenvalue weighted by molar-refractivity contribution is 5.73. The van der Waals surface area contributed by atoms with E-state index in [9.17, 15) is 4.79 Å². The Morgan fingerprint density at radius 2 is 2.33 bits per heavy atom. The summed E-state index contributed by atoms with van der Waals surface area (Å²) in [7, 11) is 1.70. The molecule has 0 aliphatic carbocycles. The zero-order valence-electron chi connectivity index (χ0n) is 12.5. The zero-order chi connectivity index (χ0) is 15.2. The Balaban J connectivity index is 1.79. The third-order valence-electron chi connectivity index (χ3n) is 2.80. The third-order valence-corrected chi connectivity index (χ3v) is 2.80. The van der Waals surface area contributed by atoms with Gasteiger partial charge in [-0.25, -0.2) is 4.79 Å². The Bertz CT molecular complexity index is 563. The molecule has 114 valence electrons. The van der Waals surface area contributed by atoms with Gasteiger partial charge >= 0.3 is 6.03 Å². The van der Waals surface area contributed by atoms with Gasteiger partial charge in [0, 0.05) is 19.7 Å². The first-order valence-corrected chi connectivity index (χ1v) is 6.83. The fraction of sp³-hybridized carbons (Fsp3) is 0.538. The van der Waals surface area contributed by atoms with Crippen LogP contribution in [0.25, 0.3) is 0 Å². The lowest BCUT2D eigenvalue weighted by molar-refractivity contribution is 0.205. The SMILES string of the molecule is CC(C)Cc1nc(CNC(=O)N(C)Cc2ccn[nH]2)no1. The second-order valence-electron chi connectivity index (χ2n) is 5.30. The van der Waals surface area contributed by atoms with Crippen molar-refractivity contribution in [2.45, 2.75) is 33.4 Å². The number of nitrogens with one attached hydrogen (secondary N) is 2. The molecule has 21 heavy (non-hydrogen) atoms. The topological polar surface area (TPSA) is 99.9 Å². The summed E-state index contributed by atoms with van der Waals surface area (Å²) < 4.78 is 5.11. The van der Waals surface area contributed by atoms with Crippen LogP contribution in [0.15, 0.2) is 16.8 Å². The quantitative estimate of drug-likeness (QED) is 0.836. The molecule has 0 fully saturated rings. The smallest absolute Gasteiger partial charge is 0.317 e. The number of hydrogen-bond acceptors (Lipinski definition) is 5. The largest absolute Gasteiger partial charge is 0.339 e. The fourth-order valence-corrected chi connectivity index (χ4v) is 1.78. The predicted octanol–water partition coefficient (Wildman–Crippen LogP) is 1.33. The van der Waals surface area contributed by atoms with Gasteiger partial charge in [-0.2, -0.15) is 10.1 Å². The average molecular weight is 292 g/mol. The normalized spacial score (nSPS) is 10.9. The molecular formula is C13H20N6O2. The Labute approximate surface area is 122 Å². The fourth-order valence-electron chi connectivity index (χ4n) is 1.78. The first-order valence-electron chi connectivity index (χ1n) is 6.83. The van der Waals surface area contributed by atoms with Gasteiger partial charge in [-0.1, -0.05) is 19.0 Å². The molecule has 0 unspecified atom stereocenters. The van der Waals surface area contributed by atoms with Crippen LogP contribution >= 0.6 is 0 Å². The minimum atomic E-state index is -0.209. The van der Waals surface area contributed by atoms with Crippen LogP contribution in [-0.4, -0.2) is 38.3 Å².